The Bertz CT molecular complexity index is 532. The highest BCUT2D eigenvalue weighted by molar-refractivity contribution is 5.21. The highest BCUT2D eigenvalue weighted by Crippen LogP contribution is 2.22. The minimum atomic E-state index is -0.941. The van der Waals surface area contributed by atoms with Crippen LogP contribution in [0, 0.1) is 0 Å². The molecule has 0 aliphatic carbocycles. The molecule has 0 spiro atoms. The van der Waals surface area contributed by atoms with Crippen LogP contribution in [0.15, 0.2) is 30.3 Å². The number of aromatic nitrogens is 3. The molecule has 2 aromatic rings. The van der Waals surface area contributed by atoms with Crippen molar-refractivity contribution in [3.63, 3.8) is 0 Å². The Morgan fingerprint density at radius 3 is 2.42 bits per heavy atom. The second kappa shape index (κ2) is 5.53. The predicted molar refractivity (Wildman–Crippen MR) is 74.8 cm³/mol. The van der Waals surface area contributed by atoms with Crippen LogP contribution >= 0.6 is 0 Å². The van der Waals surface area contributed by atoms with E-state index in [2.05, 4.69) is 17.0 Å². The maximum absolute atomic E-state index is 10.7. The fraction of sp³-hybridized carbons (Fsp3) is 0.467. The van der Waals surface area contributed by atoms with Crippen LogP contribution in [0.5, 0.6) is 0 Å². The number of benzene rings is 1. The fourth-order valence-corrected chi connectivity index (χ4v) is 2.14. The van der Waals surface area contributed by atoms with Crippen LogP contribution in [-0.2, 0) is 25.0 Å². The first kappa shape index (κ1) is 13.7. The first-order valence-electron chi connectivity index (χ1n) is 6.77. The van der Waals surface area contributed by atoms with Gasteiger partial charge in [0.1, 0.15) is 11.4 Å². The van der Waals surface area contributed by atoms with Crippen molar-refractivity contribution in [2.45, 2.75) is 45.8 Å². The maximum atomic E-state index is 10.7. The van der Waals surface area contributed by atoms with Crippen molar-refractivity contribution in [2.75, 3.05) is 0 Å². The minimum Gasteiger partial charge on any atom is -0.384 e. The largest absolute Gasteiger partial charge is 0.384 e. The van der Waals surface area contributed by atoms with Crippen LogP contribution in [0.1, 0.15) is 38.0 Å². The zero-order valence-corrected chi connectivity index (χ0v) is 11.8. The molecule has 1 aromatic heterocycles. The van der Waals surface area contributed by atoms with Crippen molar-refractivity contribution in [1.29, 1.82) is 0 Å². The van der Waals surface area contributed by atoms with Crippen molar-refractivity contribution in [2.24, 2.45) is 0 Å². The molecule has 2 rings (SSSR count). The zero-order chi connectivity index (χ0) is 13.9. The van der Waals surface area contributed by atoms with Crippen LogP contribution in [0.3, 0.4) is 0 Å². The Hall–Kier alpha value is -1.68. The van der Waals surface area contributed by atoms with Crippen molar-refractivity contribution < 1.29 is 5.11 Å². The lowest BCUT2D eigenvalue weighted by Crippen LogP contribution is -2.29. The number of rotatable bonds is 5. The summed E-state index contributed by atoms with van der Waals surface area (Å²) in [6.07, 6.45) is 1.63. The summed E-state index contributed by atoms with van der Waals surface area (Å²) in [7, 11) is 0. The SMILES string of the molecule is CCc1nc(CC)n(CC(C)(O)c2ccccc2)n1. The van der Waals surface area contributed by atoms with E-state index in [9.17, 15) is 5.11 Å². The minimum absolute atomic E-state index is 0.424. The third kappa shape index (κ3) is 3.01. The average molecular weight is 259 g/mol. The number of aryl methyl sites for hydroxylation is 2. The van der Waals surface area contributed by atoms with Crippen LogP contribution in [-0.4, -0.2) is 19.9 Å². The van der Waals surface area contributed by atoms with Gasteiger partial charge in [-0.25, -0.2) is 9.67 Å². The third-order valence-corrected chi connectivity index (χ3v) is 3.28. The van der Waals surface area contributed by atoms with Crippen molar-refractivity contribution in [3.8, 4) is 0 Å². The summed E-state index contributed by atoms with van der Waals surface area (Å²) >= 11 is 0. The molecule has 4 nitrogen and oxygen atoms in total. The zero-order valence-electron chi connectivity index (χ0n) is 11.8. The highest BCUT2D eigenvalue weighted by Gasteiger charge is 2.25. The van der Waals surface area contributed by atoms with Gasteiger partial charge in [0.25, 0.3) is 0 Å². The van der Waals surface area contributed by atoms with E-state index >= 15 is 0 Å². The third-order valence-electron chi connectivity index (χ3n) is 3.28. The normalized spacial score (nSPS) is 14.3. The molecule has 19 heavy (non-hydrogen) atoms. The molecule has 4 heteroatoms. The lowest BCUT2D eigenvalue weighted by Gasteiger charge is -2.24. The smallest absolute Gasteiger partial charge is 0.150 e. The molecular weight excluding hydrogens is 238 g/mol. The van der Waals surface area contributed by atoms with Gasteiger partial charge in [-0.1, -0.05) is 44.2 Å². The number of aliphatic hydroxyl groups is 1. The molecule has 1 N–H and O–H groups in total. The lowest BCUT2D eigenvalue weighted by molar-refractivity contribution is 0.0336. The van der Waals surface area contributed by atoms with Gasteiger partial charge >= 0.3 is 0 Å². The molecule has 0 saturated heterocycles. The summed E-state index contributed by atoms with van der Waals surface area (Å²) in [5, 5.41) is 15.1. The van der Waals surface area contributed by atoms with Gasteiger partial charge in [-0.15, -0.1) is 0 Å². The second-order valence-electron chi connectivity index (χ2n) is 4.95. The van der Waals surface area contributed by atoms with Crippen LogP contribution in [0.4, 0.5) is 0 Å². The molecule has 0 amide bonds. The number of hydrogen-bond acceptors (Lipinski definition) is 3. The molecule has 0 fully saturated rings. The van der Waals surface area contributed by atoms with Crippen LogP contribution in [0.25, 0.3) is 0 Å². The monoisotopic (exact) mass is 259 g/mol. The van der Waals surface area contributed by atoms with Gasteiger partial charge in [-0.3, -0.25) is 0 Å². The molecule has 1 heterocycles. The first-order valence-corrected chi connectivity index (χ1v) is 6.77. The van der Waals surface area contributed by atoms with E-state index in [-0.39, 0.29) is 0 Å². The highest BCUT2D eigenvalue weighted by atomic mass is 16.3. The van der Waals surface area contributed by atoms with E-state index in [1.54, 1.807) is 0 Å². The molecule has 1 aromatic carbocycles. The van der Waals surface area contributed by atoms with E-state index in [0.29, 0.717) is 6.54 Å². The van der Waals surface area contributed by atoms with Crippen molar-refractivity contribution in [3.05, 3.63) is 47.5 Å². The van der Waals surface area contributed by atoms with Crippen LogP contribution < -0.4 is 0 Å². The van der Waals surface area contributed by atoms with Gasteiger partial charge in [0.05, 0.1) is 6.54 Å². The molecule has 0 aliphatic heterocycles. The van der Waals surface area contributed by atoms with Gasteiger partial charge in [0.15, 0.2) is 5.82 Å². The van der Waals surface area contributed by atoms with Gasteiger partial charge in [-0.05, 0) is 12.5 Å². The summed E-state index contributed by atoms with van der Waals surface area (Å²) < 4.78 is 1.83. The summed E-state index contributed by atoms with van der Waals surface area (Å²) in [5.74, 6) is 1.76. The Labute approximate surface area is 114 Å². The van der Waals surface area contributed by atoms with Gasteiger partial charge in [0, 0.05) is 12.8 Å². The molecule has 1 atom stereocenters. The molecule has 0 saturated carbocycles. The summed E-state index contributed by atoms with van der Waals surface area (Å²) in [5.41, 5.74) is -0.0465. The van der Waals surface area contributed by atoms with Gasteiger partial charge in [-0.2, -0.15) is 5.10 Å². The van der Waals surface area contributed by atoms with E-state index in [1.807, 2.05) is 48.9 Å². The Balaban J connectivity index is 2.27. The lowest BCUT2D eigenvalue weighted by atomic mass is 9.96. The standard InChI is InChI=1S/C15H21N3O/c1-4-13-16-14(5-2)18(17-13)11-15(3,19)12-9-7-6-8-10-12/h6-10,19H,4-5,11H2,1-3H3. The molecule has 0 radical (unpaired) electrons. The summed E-state index contributed by atoms with van der Waals surface area (Å²) in [4.78, 5) is 4.47. The van der Waals surface area contributed by atoms with Crippen molar-refractivity contribution >= 4 is 0 Å². The van der Waals surface area contributed by atoms with Gasteiger partial charge in [0.2, 0.25) is 0 Å². The van der Waals surface area contributed by atoms with E-state index in [1.165, 1.54) is 0 Å². The Morgan fingerprint density at radius 2 is 1.84 bits per heavy atom. The van der Waals surface area contributed by atoms with E-state index in [0.717, 1.165) is 30.1 Å². The number of nitrogens with zero attached hydrogens (tertiary/aromatic N) is 3. The van der Waals surface area contributed by atoms with E-state index < -0.39 is 5.60 Å². The molecule has 102 valence electrons. The molecule has 0 aliphatic rings. The second-order valence-corrected chi connectivity index (χ2v) is 4.95. The molecular formula is C15H21N3O. The van der Waals surface area contributed by atoms with Crippen LogP contribution in [0.2, 0.25) is 0 Å². The quantitative estimate of drug-likeness (QED) is 0.896. The topological polar surface area (TPSA) is 50.9 Å². The fourth-order valence-electron chi connectivity index (χ4n) is 2.14. The van der Waals surface area contributed by atoms with Gasteiger partial charge < -0.3 is 5.11 Å². The average Bonchev–Trinajstić information content (AvgIpc) is 2.81. The Morgan fingerprint density at radius 1 is 1.16 bits per heavy atom. The summed E-state index contributed by atoms with van der Waals surface area (Å²) in [6.45, 7) is 6.33. The van der Waals surface area contributed by atoms with Crippen molar-refractivity contribution in [1.82, 2.24) is 14.8 Å². The predicted octanol–water partition coefficient (Wildman–Crippen LogP) is 2.31. The van der Waals surface area contributed by atoms with E-state index in [4.69, 9.17) is 0 Å². The summed E-state index contributed by atoms with van der Waals surface area (Å²) in [6, 6.07) is 9.68. The number of hydrogen-bond donors (Lipinski definition) is 1. The first-order chi connectivity index (χ1) is 9.06. The maximum Gasteiger partial charge on any atom is 0.150 e. The molecule has 1 unspecified atom stereocenters. The Kier molecular flexibility index (Phi) is 4.00. The molecule has 0 bridgehead atoms.